The van der Waals surface area contributed by atoms with Crippen LogP contribution < -0.4 is 0 Å². The van der Waals surface area contributed by atoms with E-state index in [-0.39, 0.29) is 5.91 Å². The van der Waals surface area contributed by atoms with Gasteiger partial charge in [0.25, 0.3) is 5.91 Å². The Morgan fingerprint density at radius 1 is 1.15 bits per heavy atom. The highest BCUT2D eigenvalue weighted by Gasteiger charge is 2.24. The second-order valence-electron chi connectivity index (χ2n) is 6.56. The molecule has 4 rings (SSSR count). The van der Waals surface area contributed by atoms with Crippen LogP contribution in [-0.4, -0.2) is 46.9 Å². The molecule has 1 aliphatic rings. The molecule has 1 aliphatic heterocycles. The van der Waals surface area contributed by atoms with Crippen LogP contribution in [-0.2, 0) is 6.54 Å². The fourth-order valence-electron chi connectivity index (χ4n) is 3.10. The zero-order chi connectivity index (χ0) is 17.9. The molecule has 3 aromatic rings. The molecule has 134 valence electrons. The first-order valence-electron chi connectivity index (χ1n) is 8.75. The summed E-state index contributed by atoms with van der Waals surface area (Å²) in [5.41, 5.74) is 3.52. The third-order valence-corrected chi connectivity index (χ3v) is 5.57. The highest BCUT2D eigenvalue weighted by atomic mass is 32.1. The standard InChI is InChI=1S/C20H21N3O2S/c1-15-4-6-16(7-5-15)19-21-17(14-26-19)13-22-8-10-23(11-9-22)20(24)18-3-2-12-25-18/h2-7,12,14H,8-11,13H2,1H3. The maximum atomic E-state index is 12.3. The van der Waals surface area contributed by atoms with E-state index >= 15 is 0 Å². The Hall–Kier alpha value is -2.44. The summed E-state index contributed by atoms with van der Waals surface area (Å²) in [4.78, 5) is 21.3. The summed E-state index contributed by atoms with van der Waals surface area (Å²) in [6.07, 6.45) is 1.54. The van der Waals surface area contributed by atoms with Gasteiger partial charge in [-0.05, 0) is 19.1 Å². The highest BCUT2D eigenvalue weighted by molar-refractivity contribution is 7.13. The van der Waals surface area contributed by atoms with Gasteiger partial charge < -0.3 is 9.32 Å². The maximum absolute atomic E-state index is 12.3. The van der Waals surface area contributed by atoms with E-state index in [9.17, 15) is 4.79 Å². The largest absolute Gasteiger partial charge is 0.459 e. The van der Waals surface area contributed by atoms with Gasteiger partial charge in [-0.25, -0.2) is 4.98 Å². The zero-order valence-corrected chi connectivity index (χ0v) is 15.5. The van der Waals surface area contributed by atoms with E-state index in [0.29, 0.717) is 18.8 Å². The third kappa shape index (κ3) is 3.71. The normalized spacial score (nSPS) is 15.3. The van der Waals surface area contributed by atoms with Crippen molar-refractivity contribution < 1.29 is 9.21 Å². The number of furan rings is 1. The van der Waals surface area contributed by atoms with Crippen molar-refractivity contribution in [1.82, 2.24) is 14.8 Å². The molecule has 0 bridgehead atoms. The van der Waals surface area contributed by atoms with Crippen molar-refractivity contribution in [2.24, 2.45) is 0 Å². The SMILES string of the molecule is Cc1ccc(-c2nc(CN3CCN(C(=O)c4ccco4)CC3)cs2)cc1. The molecule has 1 saturated heterocycles. The van der Waals surface area contributed by atoms with Gasteiger partial charge in [0.05, 0.1) is 12.0 Å². The van der Waals surface area contributed by atoms with Crippen LogP contribution in [0.1, 0.15) is 21.8 Å². The van der Waals surface area contributed by atoms with Gasteiger partial charge in [-0.1, -0.05) is 29.8 Å². The van der Waals surface area contributed by atoms with Gasteiger partial charge in [0.1, 0.15) is 5.01 Å². The molecule has 1 amide bonds. The number of benzene rings is 1. The number of carbonyl (C=O) groups is 1. The molecule has 26 heavy (non-hydrogen) atoms. The molecule has 0 aliphatic carbocycles. The molecule has 0 saturated carbocycles. The van der Waals surface area contributed by atoms with Crippen LogP contribution in [0, 0.1) is 6.92 Å². The van der Waals surface area contributed by atoms with Crippen molar-refractivity contribution >= 4 is 17.2 Å². The average Bonchev–Trinajstić information content (AvgIpc) is 3.35. The van der Waals surface area contributed by atoms with Crippen LogP contribution in [0.25, 0.3) is 10.6 Å². The highest BCUT2D eigenvalue weighted by Crippen LogP contribution is 2.24. The van der Waals surface area contributed by atoms with Crippen LogP contribution in [0.5, 0.6) is 0 Å². The second-order valence-corrected chi connectivity index (χ2v) is 7.41. The quantitative estimate of drug-likeness (QED) is 0.706. The molecule has 6 heteroatoms. The van der Waals surface area contributed by atoms with Crippen molar-refractivity contribution in [2.75, 3.05) is 26.2 Å². The summed E-state index contributed by atoms with van der Waals surface area (Å²) in [7, 11) is 0. The molecule has 0 unspecified atom stereocenters. The number of hydrogen-bond acceptors (Lipinski definition) is 5. The molecule has 1 fully saturated rings. The van der Waals surface area contributed by atoms with Crippen LogP contribution in [0.2, 0.25) is 0 Å². The van der Waals surface area contributed by atoms with Crippen molar-refractivity contribution in [3.05, 3.63) is 65.1 Å². The predicted molar refractivity (Wildman–Crippen MR) is 102 cm³/mol. The molecule has 0 N–H and O–H groups in total. The van der Waals surface area contributed by atoms with E-state index in [4.69, 9.17) is 9.40 Å². The van der Waals surface area contributed by atoms with Crippen molar-refractivity contribution in [3.63, 3.8) is 0 Å². The molecular weight excluding hydrogens is 346 g/mol. The lowest BCUT2D eigenvalue weighted by Crippen LogP contribution is -2.48. The monoisotopic (exact) mass is 367 g/mol. The smallest absolute Gasteiger partial charge is 0.289 e. The fraction of sp³-hybridized carbons (Fsp3) is 0.300. The Balaban J connectivity index is 1.33. The minimum atomic E-state index is -0.0232. The number of aryl methyl sites for hydroxylation is 1. The number of rotatable bonds is 4. The summed E-state index contributed by atoms with van der Waals surface area (Å²) < 4.78 is 5.21. The zero-order valence-electron chi connectivity index (χ0n) is 14.7. The van der Waals surface area contributed by atoms with Crippen LogP contribution >= 0.6 is 11.3 Å². The first kappa shape index (κ1) is 17.0. The Morgan fingerprint density at radius 3 is 2.62 bits per heavy atom. The number of nitrogens with zero attached hydrogens (tertiary/aromatic N) is 3. The Kier molecular flexibility index (Phi) is 4.86. The second kappa shape index (κ2) is 7.43. The molecule has 1 aromatic carbocycles. The molecule has 0 spiro atoms. The van der Waals surface area contributed by atoms with Gasteiger partial charge in [-0.3, -0.25) is 9.69 Å². The number of amides is 1. The average molecular weight is 367 g/mol. The minimum absolute atomic E-state index is 0.0232. The molecule has 3 heterocycles. The van der Waals surface area contributed by atoms with Gasteiger partial charge in [-0.15, -0.1) is 11.3 Å². The van der Waals surface area contributed by atoms with Gasteiger partial charge in [0, 0.05) is 43.7 Å². The Morgan fingerprint density at radius 2 is 1.92 bits per heavy atom. The van der Waals surface area contributed by atoms with Crippen LogP contribution in [0.4, 0.5) is 0 Å². The number of hydrogen-bond donors (Lipinski definition) is 0. The van der Waals surface area contributed by atoms with E-state index in [1.165, 1.54) is 17.4 Å². The molecule has 0 atom stereocenters. The predicted octanol–water partition coefficient (Wildman–Crippen LogP) is 3.67. The third-order valence-electron chi connectivity index (χ3n) is 4.63. The lowest BCUT2D eigenvalue weighted by molar-refractivity contribution is 0.0596. The van der Waals surface area contributed by atoms with Crippen molar-refractivity contribution in [2.45, 2.75) is 13.5 Å². The van der Waals surface area contributed by atoms with Gasteiger partial charge in [0.2, 0.25) is 0 Å². The number of thiazole rings is 1. The van der Waals surface area contributed by atoms with E-state index in [2.05, 4.69) is 41.5 Å². The summed E-state index contributed by atoms with van der Waals surface area (Å²) in [5.74, 6) is 0.394. The van der Waals surface area contributed by atoms with Crippen LogP contribution in [0.15, 0.2) is 52.5 Å². The molecule has 2 aromatic heterocycles. The van der Waals surface area contributed by atoms with Gasteiger partial charge >= 0.3 is 0 Å². The van der Waals surface area contributed by atoms with Gasteiger partial charge in [0.15, 0.2) is 5.76 Å². The lowest BCUT2D eigenvalue weighted by Gasteiger charge is -2.33. The van der Waals surface area contributed by atoms with E-state index < -0.39 is 0 Å². The van der Waals surface area contributed by atoms with E-state index in [1.54, 1.807) is 23.5 Å². The molecule has 0 radical (unpaired) electrons. The van der Waals surface area contributed by atoms with Crippen molar-refractivity contribution in [1.29, 1.82) is 0 Å². The first-order chi connectivity index (χ1) is 12.7. The number of carbonyl (C=O) groups excluding carboxylic acids is 1. The Labute approximate surface area is 156 Å². The molecular formula is C20H21N3O2S. The number of piperazine rings is 1. The summed E-state index contributed by atoms with van der Waals surface area (Å²) in [5, 5.41) is 3.20. The minimum Gasteiger partial charge on any atom is -0.459 e. The van der Waals surface area contributed by atoms with Crippen molar-refractivity contribution in [3.8, 4) is 10.6 Å². The van der Waals surface area contributed by atoms with Gasteiger partial charge in [-0.2, -0.15) is 0 Å². The van der Waals surface area contributed by atoms with Crippen LogP contribution in [0.3, 0.4) is 0 Å². The molecule has 5 nitrogen and oxygen atoms in total. The van der Waals surface area contributed by atoms with E-state index in [0.717, 1.165) is 30.3 Å². The maximum Gasteiger partial charge on any atom is 0.289 e. The fourth-order valence-corrected chi connectivity index (χ4v) is 3.92. The summed E-state index contributed by atoms with van der Waals surface area (Å²) in [6, 6.07) is 11.9. The topological polar surface area (TPSA) is 49.6 Å². The Bertz CT molecular complexity index is 863. The number of aromatic nitrogens is 1. The first-order valence-corrected chi connectivity index (χ1v) is 9.63. The summed E-state index contributed by atoms with van der Waals surface area (Å²) >= 11 is 1.69. The lowest BCUT2D eigenvalue weighted by atomic mass is 10.2. The summed E-state index contributed by atoms with van der Waals surface area (Å²) in [6.45, 7) is 6.05. The van der Waals surface area contributed by atoms with E-state index in [1.807, 2.05) is 4.90 Å².